The molecule has 0 saturated heterocycles. The molecule has 0 unspecified atom stereocenters. The van der Waals surface area contributed by atoms with E-state index in [0.29, 0.717) is 5.75 Å². The Balaban J connectivity index is 1.99. The third-order valence-corrected chi connectivity index (χ3v) is 2.89. The first-order valence-corrected chi connectivity index (χ1v) is 5.90. The third-order valence-electron chi connectivity index (χ3n) is 2.59. The molecular weight excluding hydrogens is 264 g/mol. The van der Waals surface area contributed by atoms with Gasteiger partial charge in [0.1, 0.15) is 17.8 Å². The molecule has 6 heteroatoms. The van der Waals surface area contributed by atoms with Crippen molar-refractivity contribution in [2.45, 2.75) is 0 Å². The van der Waals surface area contributed by atoms with Gasteiger partial charge in [-0.2, -0.15) is 4.98 Å². The second-order valence-electron chi connectivity index (χ2n) is 3.84. The molecule has 2 heterocycles. The van der Waals surface area contributed by atoms with E-state index >= 15 is 0 Å². The van der Waals surface area contributed by atoms with Crippen LogP contribution >= 0.6 is 11.6 Å². The van der Waals surface area contributed by atoms with Crippen LogP contribution in [0.1, 0.15) is 0 Å². The van der Waals surface area contributed by atoms with E-state index in [1.54, 1.807) is 12.3 Å². The number of pyridine rings is 1. The van der Waals surface area contributed by atoms with E-state index in [2.05, 4.69) is 15.0 Å². The average Bonchev–Trinajstić information content (AvgIpc) is 2.44. The first kappa shape index (κ1) is 11.7. The Morgan fingerprint density at radius 1 is 1.11 bits per heavy atom. The zero-order valence-corrected chi connectivity index (χ0v) is 10.5. The normalized spacial score (nSPS) is 10.6. The molecule has 0 fully saturated rings. The Bertz CT molecular complexity index is 748. The van der Waals surface area contributed by atoms with Gasteiger partial charge in [0, 0.05) is 11.6 Å². The SMILES string of the molecule is Nc1c(Cl)ncnc1Oc1ccc2ncccc2c1. The van der Waals surface area contributed by atoms with E-state index in [1.165, 1.54) is 6.33 Å². The van der Waals surface area contributed by atoms with Gasteiger partial charge in [-0.15, -0.1) is 0 Å². The smallest absolute Gasteiger partial charge is 0.247 e. The van der Waals surface area contributed by atoms with E-state index < -0.39 is 0 Å². The second-order valence-corrected chi connectivity index (χ2v) is 4.20. The molecule has 0 spiro atoms. The van der Waals surface area contributed by atoms with Gasteiger partial charge < -0.3 is 10.5 Å². The predicted octanol–water partition coefficient (Wildman–Crippen LogP) is 3.05. The fraction of sp³-hybridized carbons (Fsp3) is 0. The number of fused-ring (bicyclic) bond motifs is 1. The summed E-state index contributed by atoms with van der Waals surface area (Å²) in [5, 5.41) is 1.14. The van der Waals surface area contributed by atoms with Crippen LogP contribution in [-0.4, -0.2) is 15.0 Å². The number of nitrogens with zero attached hydrogens (tertiary/aromatic N) is 3. The molecule has 0 aliphatic carbocycles. The van der Waals surface area contributed by atoms with Gasteiger partial charge in [0.15, 0.2) is 5.15 Å². The van der Waals surface area contributed by atoms with Crippen molar-refractivity contribution in [1.29, 1.82) is 0 Å². The minimum atomic E-state index is 0.174. The molecule has 94 valence electrons. The summed E-state index contributed by atoms with van der Waals surface area (Å²) in [4.78, 5) is 12.0. The molecule has 2 N–H and O–H groups in total. The van der Waals surface area contributed by atoms with E-state index in [1.807, 2.05) is 24.3 Å². The predicted molar refractivity (Wildman–Crippen MR) is 73.3 cm³/mol. The van der Waals surface area contributed by atoms with Crippen molar-refractivity contribution >= 4 is 28.2 Å². The summed E-state index contributed by atoms with van der Waals surface area (Å²) in [6, 6.07) is 9.33. The summed E-state index contributed by atoms with van der Waals surface area (Å²) in [6.45, 7) is 0. The standard InChI is InChI=1S/C13H9ClN4O/c14-12-11(15)13(18-7-17-12)19-9-3-4-10-8(6-9)2-1-5-16-10/h1-7H,15H2. The zero-order chi connectivity index (χ0) is 13.2. The van der Waals surface area contributed by atoms with Gasteiger partial charge in [-0.1, -0.05) is 17.7 Å². The van der Waals surface area contributed by atoms with Crippen LogP contribution in [0.2, 0.25) is 5.15 Å². The molecule has 0 aliphatic rings. The maximum Gasteiger partial charge on any atom is 0.247 e. The highest BCUT2D eigenvalue weighted by molar-refractivity contribution is 6.32. The van der Waals surface area contributed by atoms with Crippen molar-refractivity contribution in [3.05, 3.63) is 48.0 Å². The highest BCUT2D eigenvalue weighted by Gasteiger charge is 2.08. The quantitative estimate of drug-likeness (QED) is 0.726. The summed E-state index contributed by atoms with van der Waals surface area (Å²) in [7, 11) is 0. The molecular formula is C13H9ClN4O. The van der Waals surface area contributed by atoms with Gasteiger partial charge in [0.25, 0.3) is 0 Å². The van der Waals surface area contributed by atoms with E-state index in [4.69, 9.17) is 22.1 Å². The maximum atomic E-state index is 5.81. The lowest BCUT2D eigenvalue weighted by Crippen LogP contribution is -1.97. The van der Waals surface area contributed by atoms with Crippen LogP contribution in [0, 0.1) is 0 Å². The topological polar surface area (TPSA) is 73.9 Å². The Morgan fingerprint density at radius 3 is 2.89 bits per heavy atom. The fourth-order valence-corrected chi connectivity index (χ4v) is 1.79. The number of nitrogens with two attached hydrogens (primary N) is 1. The molecule has 1 aromatic carbocycles. The second kappa shape index (κ2) is 4.70. The average molecular weight is 273 g/mol. The lowest BCUT2D eigenvalue weighted by molar-refractivity contribution is 0.465. The van der Waals surface area contributed by atoms with Crippen LogP contribution in [0.5, 0.6) is 11.6 Å². The molecule has 0 saturated carbocycles. The Labute approximate surface area is 114 Å². The van der Waals surface area contributed by atoms with Gasteiger partial charge in [-0.05, 0) is 24.3 Å². The Kier molecular flexibility index (Phi) is 2.89. The van der Waals surface area contributed by atoms with Crippen LogP contribution in [-0.2, 0) is 0 Å². The summed E-state index contributed by atoms with van der Waals surface area (Å²) in [5.41, 5.74) is 6.86. The van der Waals surface area contributed by atoms with Crippen molar-refractivity contribution < 1.29 is 4.74 Å². The Morgan fingerprint density at radius 2 is 2.00 bits per heavy atom. The number of halogens is 1. The number of aromatic nitrogens is 3. The van der Waals surface area contributed by atoms with Gasteiger partial charge in [-0.25, -0.2) is 4.98 Å². The number of hydrogen-bond donors (Lipinski definition) is 1. The minimum absolute atomic E-state index is 0.174. The van der Waals surface area contributed by atoms with Crippen LogP contribution in [0.3, 0.4) is 0 Å². The van der Waals surface area contributed by atoms with E-state index in [0.717, 1.165) is 10.9 Å². The molecule has 3 aromatic rings. The number of benzene rings is 1. The van der Waals surface area contributed by atoms with Gasteiger partial charge in [0.2, 0.25) is 5.88 Å². The van der Waals surface area contributed by atoms with Crippen molar-refractivity contribution in [2.75, 3.05) is 5.73 Å². The highest BCUT2D eigenvalue weighted by atomic mass is 35.5. The highest BCUT2D eigenvalue weighted by Crippen LogP contribution is 2.30. The van der Waals surface area contributed by atoms with Crippen LogP contribution in [0.25, 0.3) is 10.9 Å². The maximum absolute atomic E-state index is 5.81. The van der Waals surface area contributed by atoms with Gasteiger partial charge >= 0.3 is 0 Å². The summed E-state index contributed by atoms with van der Waals surface area (Å²) in [6.07, 6.45) is 3.04. The molecule has 5 nitrogen and oxygen atoms in total. The monoisotopic (exact) mass is 272 g/mol. The number of nitrogen functional groups attached to an aromatic ring is 1. The summed E-state index contributed by atoms with van der Waals surface area (Å²) >= 11 is 5.81. The number of ether oxygens (including phenoxy) is 1. The Hall–Kier alpha value is -2.40. The summed E-state index contributed by atoms with van der Waals surface area (Å²) < 4.78 is 5.61. The molecule has 0 amide bonds. The molecule has 0 aliphatic heterocycles. The van der Waals surface area contributed by atoms with Crippen molar-refractivity contribution in [2.24, 2.45) is 0 Å². The van der Waals surface area contributed by atoms with E-state index in [-0.39, 0.29) is 16.7 Å². The number of rotatable bonds is 2. The first-order valence-electron chi connectivity index (χ1n) is 5.52. The third kappa shape index (κ3) is 2.28. The molecule has 2 aromatic heterocycles. The minimum Gasteiger partial charge on any atom is -0.437 e. The van der Waals surface area contributed by atoms with Crippen molar-refractivity contribution in [1.82, 2.24) is 15.0 Å². The van der Waals surface area contributed by atoms with Gasteiger partial charge in [0.05, 0.1) is 5.52 Å². The first-order chi connectivity index (χ1) is 9.24. The molecule has 0 bridgehead atoms. The number of anilines is 1. The fourth-order valence-electron chi connectivity index (χ4n) is 1.67. The van der Waals surface area contributed by atoms with Crippen LogP contribution < -0.4 is 10.5 Å². The zero-order valence-electron chi connectivity index (χ0n) is 9.75. The van der Waals surface area contributed by atoms with Crippen molar-refractivity contribution in [3.63, 3.8) is 0 Å². The largest absolute Gasteiger partial charge is 0.437 e. The van der Waals surface area contributed by atoms with Gasteiger partial charge in [-0.3, -0.25) is 4.98 Å². The number of hydrogen-bond acceptors (Lipinski definition) is 5. The van der Waals surface area contributed by atoms with E-state index in [9.17, 15) is 0 Å². The molecule has 19 heavy (non-hydrogen) atoms. The van der Waals surface area contributed by atoms with Crippen LogP contribution in [0.15, 0.2) is 42.9 Å². The summed E-state index contributed by atoms with van der Waals surface area (Å²) in [5.74, 6) is 0.852. The van der Waals surface area contributed by atoms with Crippen LogP contribution in [0.4, 0.5) is 5.69 Å². The lowest BCUT2D eigenvalue weighted by Gasteiger charge is -2.08. The molecule has 0 atom stereocenters. The molecule has 0 radical (unpaired) electrons. The van der Waals surface area contributed by atoms with Crippen molar-refractivity contribution in [3.8, 4) is 11.6 Å². The lowest BCUT2D eigenvalue weighted by atomic mass is 10.2. The molecule has 3 rings (SSSR count).